The van der Waals surface area contributed by atoms with Crippen molar-refractivity contribution in [2.24, 2.45) is 5.92 Å². The zero-order valence-corrected chi connectivity index (χ0v) is 24.6. The molecular formula is C32H62O4. The van der Waals surface area contributed by atoms with E-state index in [0.717, 1.165) is 38.5 Å². The molecule has 1 atom stereocenters. The summed E-state index contributed by atoms with van der Waals surface area (Å²) in [6.07, 6.45) is 27.6. The van der Waals surface area contributed by atoms with E-state index in [9.17, 15) is 9.59 Å². The zero-order chi connectivity index (χ0) is 26.5. The molecule has 1 unspecified atom stereocenters. The summed E-state index contributed by atoms with van der Waals surface area (Å²) >= 11 is 0. The average molecular weight is 511 g/mol. The molecule has 214 valence electrons. The summed E-state index contributed by atoms with van der Waals surface area (Å²) in [5.74, 6) is 0.463. The summed E-state index contributed by atoms with van der Waals surface area (Å²) in [5.41, 5.74) is 0. The highest BCUT2D eigenvalue weighted by Crippen LogP contribution is 2.19. The molecule has 0 fully saturated rings. The highest BCUT2D eigenvalue weighted by atomic mass is 16.5. The van der Waals surface area contributed by atoms with Crippen LogP contribution in [0.25, 0.3) is 0 Å². The van der Waals surface area contributed by atoms with E-state index in [-0.39, 0.29) is 11.9 Å². The van der Waals surface area contributed by atoms with Gasteiger partial charge in [-0.15, -0.1) is 0 Å². The fourth-order valence-electron chi connectivity index (χ4n) is 4.72. The van der Waals surface area contributed by atoms with Crippen molar-refractivity contribution in [1.29, 1.82) is 0 Å². The molecule has 4 nitrogen and oxygen atoms in total. The molecule has 0 aromatic rings. The largest absolute Gasteiger partial charge is 0.466 e. The van der Waals surface area contributed by atoms with E-state index in [1.807, 2.05) is 0 Å². The van der Waals surface area contributed by atoms with Crippen molar-refractivity contribution in [1.82, 2.24) is 0 Å². The molecule has 0 aliphatic rings. The lowest BCUT2D eigenvalue weighted by Crippen LogP contribution is -2.12. The van der Waals surface area contributed by atoms with Gasteiger partial charge in [0.1, 0.15) is 0 Å². The molecule has 0 radical (unpaired) electrons. The first-order valence-corrected chi connectivity index (χ1v) is 15.9. The van der Waals surface area contributed by atoms with Gasteiger partial charge in [-0.3, -0.25) is 9.59 Å². The van der Waals surface area contributed by atoms with E-state index in [1.165, 1.54) is 103 Å². The Morgan fingerprint density at radius 2 is 0.917 bits per heavy atom. The predicted molar refractivity (Wildman–Crippen MR) is 153 cm³/mol. The molecule has 0 aromatic heterocycles. The van der Waals surface area contributed by atoms with E-state index in [0.29, 0.717) is 32.0 Å². The van der Waals surface area contributed by atoms with E-state index in [2.05, 4.69) is 20.8 Å². The Balaban J connectivity index is 3.46. The number of rotatable bonds is 28. The van der Waals surface area contributed by atoms with Crippen molar-refractivity contribution >= 4 is 11.9 Å². The molecule has 0 aliphatic carbocycles. The summed E-state index contributed by atoms with van der Waals surface area (Å²) in [6, 6.07) is 0. The first-order chi connectivity index (χ1) is 17.6. The van der Waals surface area contributed by atoms with Gasteiger partial charge in [0.2, 0.25) is 0 Å². The number of carbonyl (C=O) groups excluding carboxylic acids is 2. The lowest BCUT2D eigenvalue weighted by atomic mass is 9.95. The third-order valence-electron chi connectivity index (χ3n) is 7.30. The van der Waals surface area contributed by atoms with Crippen LogP contribution in [0.3, 0.4) is 0 Å². The Labute approximate surface area is 225 Å². The second-order valence-electron chi connectivity index (χ2n) is 10.8. The first kappa shape index (κ1) is 34.9. The monoisotopic (exact) mass is 510 g/mol. The van der Waals surface area contributed by atoms with Gasteiger partial charge in [0, 0.05) is 12.8 Å². The van der Waals surface area contributed by atoms with Crippen LogP contribution in [0.5, 0.6) is 0 Å². The van der Waals surface area contributed by atoms with Gasteiger partial charge in [0.05, 0.1) is 13.2 Å². The highest BCUT2D eigenvalue weighted by Gasteiger charge is 2.13. The molecule has 0 heterocycles. The van der Waals surface area contributed by atoms with E-state index < -0.39 is 0 Å². The molecule has 0 aliphatic heterocycles. The minimum atomic E-state index is -0.0136. The van der Waals surface area contributed by atoms with Crippen LogP contribution in [-0.4, -0.2) is 25.2 Å². The molecule has 36 heavy (non-hydrogen) atoms. The minimum Gasteiger partial charge on any atom is -0.466 e. The third-order valence-corrected chi connectivity index (χ3v) is 7.30. The van der Waals surface area contributed by atoms with E-state index in [1.54, 1.807) is 0 Å². The van der Waals surface area contributed by atoms with Gasteiger partial charge in [-0.2, -0.15) is 0 Å². The van der Waals surface area contributed by atoms with Crippen LogP contribution in [0.4, 0.5) is 0 Å². The number of hydrogen-bond acceptors (Lipinski definition) is 4. The number of carbonyl (C=O) groups is 2. The topological polar surface area (TPSA) is 52.6 Å². The van der Waals surface area contributed by atoms with Crippen molar-refractivity contribution < 1.29 is 19.1 Å². The molecule has 0 aromatic carbocycles. The second kappa shape index (κ2) is 28.5. The van der Waals surface area contributed by atoms with Gasteiger partial charge in [0.25, 0.3) is 0 Å². The molecule has 0 spiro atoms. The first-order valence-electron chi connectivity index (χ1n) is 15.9. The average Bonchev–Trinajstić information content (AvgIpc) is 2.87. The van der Waals surface area contributed by atoms with Crippen LogP contribution in [0.1, 0.15) is 175 Å². The van der Waals surface area contributed by atoms with Crippen molar-refractivity contribution in [2.75, 3.05) is 13.2 Å². The standard InChI is InChI=1S/C32H62O4/c1-4-7-9-11-19-23-27-35-31(33)26-22-18-16-14-13-15-17-21-25-30(6-3)29-32(34)36-28-24-20-12-10-8-5-2/h30H,4-29H2,1-3H3. The van der Waals surface area contributed by atoms with Crippen LogP contribution in [0, 0.1) is 5.92 Å². The highest BCUT2D eigenvalue weighted by molar-refractivity contribution is 5.69. The Morgan fingerprint density at radius 3 is 1.42 bits per heavy atom. The Bertz CT molecular complexity index is 477. The predicted octanol–water partition coefficient (Wildman–Crippen LogP) is 10.1. The number of hydrogen-bond donors (Lipinski definition) is 0. The molecule has 0 amide bonds. The molecule has 0 saturated heterocycles. The van der Waals surface area contributed by atoms with Crippen LogP contribution in [0.2, 0.25) is 0 Å². The summed E-state index contributed by atoms with van der Waals surface area (Å²) in [6.45, 7) is 7.85. The number of unbranched alkanes of at least 4 members (excludes halogenated alkanes) is 17. The summed E-state index contributed by atoms with van der Waals surface area (Å²) in [7, 11) is 0. The van der Waals surface area contributed by atoms with E-state index >= 15 is 0 Å². The van der Waals surface area contributed by atoms with Gasteiger partial charge in [0.15, 0.2) is 0 Å². The van der Waals surface area contributed by atoms with Crippen LogP contribution in [-0.2, 0) is 19.1 Å². The van der Waals surface area contributed by atoms with Crippen molar-refractivity contribution in [2.45, 2.75) is 175 Å². The Kier molecular flexibility index (Phi) is 27.7. The second-order valence-corrected chi connectivity index (χ2v) is 10.8. The molecule has 0 saturated carbocycles. The third kappa shape index (κ3) is 26.0. The van der Waals surface area contributed by atoms with Crippen molar-refractivity contribution in [3.05, 3.63) is 0 Å². The number of esters is 2. The molecule has 0 rings (SSSR count). The van der Waals surface area contributed by atoms with Crippen LogP contribution < -0.4 is 0 Å². The summed E-state index contributed by atoms with van der Waals surface area (Å²) < 4.78 is 10.8. The maximum Gasteiger partial charge on any atom is 0.306 e. The van der Waals surface area contributed by atoms with Gasteiger partial charge in [-0.05, 0) is 31.6 Å². The summed E-state index contributed by atoms with van der Waals surface area (Å²) in [5, 5.41) is 0. The maximum atomic E-state index is 12.1. The van der Waals surface area contributed by atoms with Gasteiger partial charge in [-0.25, -0.2) is 0 Å². The molecule has 4 heteroatoms. The van der Waals surface area contributed by atoms with E-state index in [4.69, 9.17) is 9.47 Å². The van der Waals surface area contributed by atoms with Gasteiger partial charge in [-0.1, -0.05) is 136 Å². The van der Waals surface area contributed by atoms with Crippen LogP contribution >= 0.6 is 0 Å². The molecule has 0 N–H and O–H groups in total. The number of ether oxygens (including phenoxy) is 2. The van der Waals surface area contributed by atoms with Crippen molar-refractivity contribution in [3.8, 4) is 0 Å². The normalized spacial score (nSPS) is 12.0. The molecule has 0 bridgehead atoms. The van der Waals surface area contributed by atoms with Crippen LogP contribution in [0.15, 0.2) is 0 Å². The lowest BCUT2D eigenvalue weighted by Gasteiger charge is -2.14. The zero-order valence-electron chi connectivity index (χ0n) is 24.6. The summed E-state index contributed by atoms with van der Waals surface area (Å²) in [4.78, 5) is 23.9. The quantitative estimate of drug-likeness (QED) is 0.0776. The van der Waals surface area contributed by atoms with Crippen molar-refractivity contribution in [3.63, 3.8) is 0 Å². The molecular weight excluding hydrogens is 448 g/mol. The van der Waals surface area contributed by atoms with Gasteiger partial charge < -0.3 is 9.47 Å². The fraction of sp³-hybridized carbons (Fsp3) is 0.938. The maximum absolute atomic E-state index is 12.1. The minimum absolute atomic E-state index is 0.00157. The van der Waals surface area contributed by atoms with Gasteiger partial charge >= 0.3 is 11.9 Å². The fourth-order valence-corrected chi connectivity index (χ4v) is 4.72. The smallest absolute Gasteiger partial charge is 0.306 e. The Morgan fingerprint density at radius 1 is 0.500 bits per heavy atom. The Hall–Kier alpha value is -1.06. The lowest BCUT2D eigenvalue weighted by molar-refractivity contribution is -0.145. The SMILES string of the molecule is CCCCCCCCOC(=O)CCCCCCCCCCC(CC)CC(=O)OCCCCCCCC.